The summed E-state index contributed by atoms with van der Waals surface area (Å²) in [5.41, 5.74) is 0. The fraction of sp³-hybridized carbons (Fsp3) is 0. The standard InChI is InChI=1S/C19H14Si/c1-20-19-8-4-7-16-17(19)10-9-15-11-13-5-2-3-6-14(13)12-18(15)16/h2-12,20H,1H2. The molecular formula is C19H14Si. The van der Waals surface area contributed by atoms with Gasteiger partial charge in [0.1, 0.15) is 0 Å². The molecule has 0 bridgehead atoms. The third-order valence-electron chi connectivity index (χ3n) is 4.00. The van der Waals surface area contributed by atoms with Crippen LogP contribution in [0.2, 0.25) is 0 Å². The van der Waals surface area contributed by atoms with Crippen molar-refractivity contribution in [3.63, 3.8) is 0 Å². The molecule has 0 atom stereocenters. The van der Waals surface area contributed by atoms with Crippen LogP contribution >= 0.6 is 0 Å². The van der Waals surface area contributed by atoms with Gasteiger partial charge in [0.05, 0.1) is 0 Å². The minimum absolute atomic E-state index is 0.0991. The van der Waals surface area contributed by atoms with Crippen LogP contribution in [0, 0.1) is 0 Å². The summed E-state index contributed by atoms with van der Waals surface area (Å²) in [6.07, 6.45) is 4.12. The van der Waals surface area contributed by atoms with Crippen molar-refractivity contribution in [1.82, 2.24) is 0 Å². The monoisotopic (exact) mass is 270 g/mol. The first-order valence-electron chi connectivity index (χ1n) is 6.83. The number of hydrogen-bond donors (Lipinski definition) is 0. The highest BCUT2D eigenvalue weighted by atomic mass is 28.2. The minimum atomic E-state index is 0.0991. The molecule has 0 radical (unpaired) electrons. The summed E-state index contributed by atoms with van der Waals surface area (Å²) in [4.78, 5) is 0. The Labute approximate surface area is 120 Å². The Kier molecular flexibility index (Phi) is 2.54. The van der Waals surface area contributed by atoms with Crippen LogP contribution in [-0.2, 0) is 0 Å². The molecule has 0 aliphatic heterocycles. The van der Waals surface area contributed by atoms with Crippen molar-refractivity contribution < 1.29 is 0 Å². The lowest BCUT2D eigenvalue weighted by atomic mass is 9.98. The van der Waals surface area contributed by atoms with Gasteiger partial charge in [-0.2, -0.15) is 0 Å². The van der Waals surface area contributed by atoms with Crippen molar-refractivity contribution in [3.8, 4) is 0 Å². The SMILES string of the molecule is C=[SiH]c1cccc2c1ccc1cc3ccccc3cc12. The summed E-state index contributed by atoms with van der Waals surface area (Å²) < 4.78 is 0. The van der Waals surface area contributed by atoms with Gasteiger partial charge in [0.25, 0.3) is 0 Å². The Bertz CT molecular complexity index is 967. The van der Waals surface area contributed by atoms with Crippen LogP contribution in [-0.4, -0.2) is 15.3 Å². The van der Waals surface area contributed by atoms with Gasteiger partial charge in [0, 0.05) is 9.13 Å². The number of hydrogen-bond acceptors (Lipinski definition) is 0. The predicted molar refractivity (Wildman–Crippen MR) is 92.9 cm³/mol. The van der Waals surface area contributed by atoms with Crippen LogP contribution in [0.5, 0.6) is 0 Å². The zero-order valence-corrected chi connectivity index (χ0v) is 12.3. The lowest BCUT2D eigenvalue weighted by Gasteiger charge is -2.08. The number of benzene rings is 4. The van der Waals surface area contributed by atoms with Crippen molar-refractivity contribution in [2.24, 2.45) is 0 Å². The molecule has 4 aromatic rings. The second kappa shape index (κ2) is 4.39. The molecule has 0 aliphatic carbocycles. The summed E-state index contributed by atoms with van der Waals surface area (Å²) in [5, 5.41) is 9.38. The van der Waals surface area contributed by atoms with Crippen LogP contribution in [0.3, 0.4) is 0 Å². The molecule has 0 aliphatic rings. The molecule has 94 valence electrons. The molecule has 1 heteroatoms. The largest absolute Gasteiger partial charge is 0.117 e. The maximum Gasteiger partial charge on any atom is 0.0226 e. The number of fused-ring (bicyclic) bond motifs is 4. The van der Waals surface area contributed by atoms with E-state index in [2.05, 4.69) is 72.9 Å². The van der Waals surface area contributed by atoms with Gasteiger partial charge in [-0.05, 0) is 49.6 Å². The van der Waals surface area contributed by atoms with Crippen molar-refractivity contribution in [2.75, 3.05) is 0 Å². The molecule has 0 N–H and O–H groups in total. The topological polar surface area (TPSA) is 0 Å². The molecule has 4 rings (SSSR count). The second-order valence-electron chi connectivity index (χ2n) is 5.13. The maximum absolute atomic E-state index is 4.12. The molecule has 0 nitrogen and oxygen atoms in total. The molecule has 20 heavy (non-hydrogen) atoms. The molecule has 0 saturated carbocycles. The average molecular weight is 270 g/mol. The van der Waals surface area contributed by atoms with E-state index in [0.29, 0.717) is 0 Å². The van der Waals surface area contributed by atoms with E-state index in [1.165, 1.54) is 37.5 Å². The van der Waals surface area contributed by atoms with Gasteiger partial charge in [-0.25, -0.2) is 0 Å². The summed E-state index contributed by atoms with van der Waals surface area (Å²) in [6.45, 7) is 0. The molecule has 0 amide bonds. The second-order valence-corrected chi connectivity index (χ2v) is 6.16. The lowest BCUT2D eigenvalue weighted by molar-refractivity contribution is 1.79. The van der Waals surface area contributed by atoms with E-state index >= 15 is 0 Å². The van der Waals surface area contributed by atoms with Crippen molar-refractivity contribution in [3.05, 3.63) is 66.7 Å². The van der Waals surface area contributed by atoms with Crippen LogP contribution < -0.4 is 5.19 Å². The highest BCUT2D eigenvalue weighted by molar-refractivity contribution is 6.60. The summed E-state index contributed by atoms with van der Waals surface area (Å²) >= 11 is 0. The molecule has 0 heterocycles. The smallest absolute Gasteiger partial charge is 0.0226 e. The third kappa shape index (κ3) is 1.64. The predicted octanol–water partition coefficient (Wildman–Crippen LogP) is 3.64. The zero-order chi connectivity index (χ0) is 13.5. The van der Waals surface area contributed by atoms with Crippen molar-refractivity contribution in [1.29, 1.82) is 0 Å². The summed E-state index contributed by atoms with van der Waals surface area (Å²) in [5.74, 6) is 0. The molecule has 0 aromatic heterocycles. The normalized spacial score (nSPS) is 11.2. The van der Waals surface area contributed by atoms with Crippen LogP contribution in [0.15, 0.2) is 66.7 Å². The minimum Gasteiger partial charge on any atom is -0.117 e. The first-order valence-corrected chi connectivity index (χ1v) is 8.23. The van der Waals surface area contributed by atoms with E-state index in [-0.39, 0.29) is 9.13 Å². The molecule has 0 saturated heterocycles. The van der Waals surface area contributed by atoms with Crippen molar-refractivity contribution in [2.45, 2.75) is 0 Å². The highest BCUT2D eigenvalue weighted by Gasteiger charge is 2.04. The van der Waals surface area contributed by atoms with E-state index < -0.39 is 0 Å². The molecule has 4 aromatic carbocycles. The van der Waals surface area contributed by atoms with Gasteiger partial charge in [0.2, 0.25) is 0 Å². The quantitative estimate of drug-likeness (QED) is 0.281. The zero-order valence-electron chi connectivity index (χ0n) is 11.1. The van der Waals surface area contributed by atoms with Gasteiger partial charge in [-0.1, -0.05) is 54.6 Å². The molecule has 0 spiro atoms. The van der Waals surface area contributed by atoms with E-state index in [0.717, 1.165) is 0 Å². The first kappa shape index (κ1) is 11.6. The van der Waals surface area contributed by atoms with Gasteiger partial charge >= 0.3 is 0 Å². The Morgan fingerprint density at radius 2 is 1.40 bits per heavy atom. The Hall–Kier alpha value is -2.25. The molecule has 0 unspecified atom stereocenters. The Morgan fingerprint density at radius 3 is 2.20 bits per heavy atom. The van der Waals surface area contributed by atoms with E-state index in [1.54, 1.807) is 0 Å². The maximum atomic E-state index is 4.12. The highest BCUT2D eigenvalue weighted by Crippen LogP contribution is 2.28. The third-order valence-corrected chi connectivity index (χ3v) is 4.94. The van der Waals surface area contributed by atoms with Crippen LogP contribution in [0.4, 0.5) is 0 Å². The number of rotatable bonds is 1. The van der Waals surface area contributed by atoms with Crippen LogP contribution in [0.25, 0.3) is 32.3 Å². The first-order chi connectivity index (χ1) is 9.86. The summed E-state index contributed by atoms with van der Waals surface area (Å²) in [7, 11) is 0.0991. The Balaban J connectivity index is 2.23. The van der Waals surface area contributed by atoms with Gasteiger partial charge in [-0.3, -0.25) is 0 Å². The fourth-order valence-corrected chi connectivity index (χ4v) is 3.70. The van der Waals surface area contributed by atoms with E-state index in [9.17, 15) is 0 Å². The summed E-state index contributed by atoms with van der Waals surface area (Å²) in [6, 6.07) is 24.2. The van der Waals surface area contributed by atoms with Crippen molar-refractivity contribution >= 4 is 52.8 Å². The molecular weight excluding hydrogens is 256 g/mol. The van der Waals surface area contributed by atoms with Gasteiger partial charge < -0.3 is 0 Å². The fourth-order valence-electron chi connectivity index (χ4n) is 2.98. The molecule has 0 fully saturated rings. The van der Waals surface area contributed by atoms with E-state index in [4.69, 9.17) is 0 Å². The average Bonchev–Trinajstić information content (AvgIpc) is 2.52. The Morgan fingerprint density at radius 1 is 0.600 bits per heavy atom. The lowest BCUT2D eigenvalue weighted by Crippen LogP contribution is -2.07. The van der Waals surface area contributed by atoms with Crippen LogP contribution in [0.1, 0.15) is 0 Å². The van der Waals surface area contributed by atoms with Gasteiger partial charge in [0.15, 0.2) is 0 Å². The van der Waals surface area contributed by atoms with E-state index in [1.807, 2.05) is 0 Å². The van der Waals surface area contributed by atoms with Gasteiger partial charge in [-0.15, -0.1) is 6.17 Å².